The highest BCUT2D eigenvalue weighted by Gasteiger charge is 2.32. The van der Waals surface area contributed by atoms with Gasteiger partial charge in [-0.3, -0.25) is 4.79 Å². The summed E-state index contributed by atoms with van der Waals surface area (Å²) in [7, 11) is 1.78. The summed E-state index contributed by atoms with van der Waals surface area (Å²) in [5.74, 6) is -4.38. The van der Waals surface area contributed by atoms with Gasteiger partial charge in [-0.2, -0.15) is 0 Å². The summed E-state index contributed by atoms with van der Waals surface area (Å²) in [5, 5.41) is 8.45. The van der Waals surface area contributed by atoms with Crippen molar-refractivity contribution in [3.05, 3.63) is 30.1 Å². The van der Waals surface area contributed by atoms with E-state index in [1.807, 2.05) is 0 Å². The van der Waals surface area contributed by atoms with E-state index in [4.69, 9.17) is 5.11 Å². The van der Waals surface area contributed by atoms with E-state index >= 15 is 0 Å². The van der Waals surface area contributed by atoms with Crippen molar-refractivity contribution in [2.24, 2.45) is 7.05 Å². The van der Waals surface area contributed by atoms with Crippen molar-refractivity contribution in [1.29, 1.82) is 0 Å². The summed E-state index contributed by atoms with van der Waals surface area (Å²) in [4.78, 5) is 14.3. The van der Waals surface area contributed by atoms with E-state index in [0.717, 1.165) is 5.52 Å². The van der Waals surface area contributed by atoms with Gasteiger partial charge in [-0.05, 0) is 12.1 Å². The Balaban J connectivity index is 2.32. The van der Waals surface area contributed by atoms with Crippen LogP contribution < -0.4 is 0 Å². The van der Waals surface area contributed by atoms with E-state index in [1.165, 1.54) is 12.1 Å². The lowest BCUT2D eigenvalue weighted by atomic mass is 10.0. The molecule has 0 aliphatic rings. The van der Waals surface area contributed by atoms with Crippen LogP contribution >= 0.6 is 0 Å². The standard InChI is InChI=1S/C12H12F2N2O2/c1-16-7-15-9-6-8(2-3-10(9)16)12(13,14)5-4-11(17)18/h2-3,6-7H,4-5H2,1H3,(H,17,18). The minimum absolute atomic E-state index is 0.199. The third-order valence-corrected chi connectivity index (χ3v) is 2.80. The Kier molecular flexibility index (Phi) is 3.02. The molecule has 0 atom stereocenters. The van der Waals surface area contributed by atoms with Gasteiger partial charge >= 0.3 is 5.97 Å². The van der Waals surface area contributed by atoms with Gasteiger partial charge in [-0.25, -0.2) is 13.8 Å². The Hall–Kier alpha value is -1.98. The van der Waals surface area contributed by atoms with Crippen molar-refractivity contribution in [3.63, 3.8) is 0 Å². The summed E-state index contributed by atoms with van der Waals surface area (Å²) in [6.45, 7) is 0. The number of fused-ring (bicyclic) bond motifs is 1. The zero-order valence-electron chi connectivity index (χ0n) is 9.73. The number of carbonyl (C=O) groups is 1. The number of rotatable bonds is 4. The number of hydrogen-bond donors (Lipinski definition) is 1. The zero-order valence-corrected chi connectivity index (χ0v) is 9.73. The van der Waals surface area contributed by atoms with Crippen LogP contribution in [0.25, 0.3) is 11.0 Å². The summed E-state index contributed by atoms with van der Waals surface area (Å²) in [6, 6.07) is 4.18. The predicted octanol–water partition coefficient (Wildman–Crippen LogP) is 2.53. The number of aliphatic carboxylic acids is 1. The average molecular weight is 254 g/mol. The Labute approximate surface area is 102 Å². The van der Waals surface area contributed by atoms with Crippen LogP contribution in [0.5, 0.6) is 0 Å². The maximum atomic E-state index is 13.8. The van der Waals surface area contributed by atoms with E-state index in [0.29, 0.717) is 5.52 Å². The third kappa shape index (κ3) is 2.32. The van der Waals surface area contributed by atoms with Crippen LogP contribution in [-0.4, -0.2) is 20.6 Å². The van der Waals surface area contributed by atoms with E-state index in [1.54, 1.807) is 24.0 Å². The Morgan fingerprint density at radius 3 is 2.89 bits per heavy atom. The van der Waals surface area contributed by atoms with Crippen LogP contribution in [-0.2, 0) is 17.8 Å². The second kappa shape index (κ2) is 4.36. The number of aryl methyl sites for hydroxylation is 1. The quantitative estimate of drug-likeness (QED) is 0.912. The molecule has 0 fully saturated rings. The van der Waals surface area contributed by atoms with Crippen LogP contribution in [0, 0.1) is 0 Å². The second-order valence-corrected chi connectivity index (χ2v) is 4.16. The molecule has 1 aromatic heterocycles. The maximum absolute atomic E-state index is 13.8. The number of carboxylic acids is 1. The van der Waals surface area contributed by atoms with Gasteiger partial charge in [0.15, 0.2) is 0 Å². The molecular weight excluding hydrogens is 242 g/mol. The number of nitrogens with zero attached hydrogens (tertiary/aromatic N) is 2. The molecule has 1 N–H and O–H groups in total. The number of halogens is 2. The molecule has 0 spiro atoms. The van der Waals surface area contributed by atoms with Crippen LogP contribution in [0.1, 0.15) is 18.4 Å². The molecule has 2 aromatic rings. The highest BCUT2D eigenvalue weighted by molar-refractivity contribution is 5.76. The van der Waals surface area contributed by atoms with E-state index in [9.17, 15) is 13.6 Å². The van der Waals surface area contributed by atoms with Crippen molar-refractivity contribution < 1.29 is 18.7 Å². The van der Waals surface area contributed by atoms with Gasteiger partial charge in [-0.15, -0.1) is 0 Å². The summed E-state index contributed by atoms with van der Waals surface area (Å²) in [5.41, 5.74) is 1.03. The number of carboxylic acid groups (broad SMARTS) is 1. The highest BCUT2D eigenvalue weighted by Crippen LogP contribution is 2.34. The molecule has 0 bridgehead atoms. The van der Waals surface area contributed by atoms with Crippen LogP contribution in [0.15, 0.2) is 24.5 Å². The van der Waals surface area contributed by atoms with E-state index < -0.39 is 24.7 Å². The smallest absolute Gasteiger partial charge is 0.303 e. The van der Waals surface area contributed by atoms with Crippen molar-refractivity contribution in [3.8, 4) is 0 Å². The van der Waals surface area contributed by atoms with Gasteiger partial charge < -0.3 is 9.67 Å². The van der Waals surface area contributed by atoms with Crippen molar-refractivity contribution in [2.75, 3.05) is 0 Å². The first kappa shape index (κ1) is 12.5. The van der Waals surface area contributed by atoms with Crippen molar-refractivity contribution in [2.45, 2.75) is 18.8 Å². The zero-order chi connectivity index (χ0) is 13.3. The molecular formula is C12H12F2N2O2. The minimum atomic E-state index is -3.15. The van der Waals surface area contributed by atoms with Gasteiger partial charge in [0.25, 0.3) is 5.92 Å². The lowest BCUT2D eigenvalue weighted by Gasteiger charge is -2.15. The molecule has 0 aliphatic carbocycles. The molecule has 6 heteroatoms. The molecule has 4 nitrogen and oxygen atoms in total. The van der Waals surface area contributed by atoms with Gasteiger partial charge in [0.05, 0.1) is 23.8 Å². The average Bonchev–Trinajstić information content (AvgIpc) is 2.68. The van der Waals surface area contributed by atoms with Crippen LogP contribution in [0.2, 0.25) is 0 Å². The van der Waals surface area contributed by atoms with Crippen LogP contribution in [0.4, 0.5) is 8.78 Å². The number of imidazole rings is 1. The molecule has 1 heterocycles. The number of hydrogen-bond acceptors (Lipinski definition) is 2. The molecule has 96 valence electrons. The van der Waals surface area contributed by atoms with Crippen LogP contribution in [0.3, 0.4) is 0 Å². The van der Waals surface area contributed by atoms with E-state index in [-0.39, 0.29) is 5.56 Å². The number of alkyl halides is 2. The monoisotopic (exact) mass is 254 g/mol. The van der Waals surface area contributed by atoms with Gasteiger partial charge in [-0.1, -0.05) is 6.07 Å². The minimum Gasteiger partial charge on any atom is -0.481 e. The van der Waals surface area contributed by atoms with Crippen molar-refractivity contribution in [1.82, 2.24) is 9.55 Å². The Morgan fingerprint density at radius 1 is 1.50 bits per heavy atom. The molecule has 1 aromatic carbocycles. The van der Waals surface area contributed by atoms with E-state index in [2.05, 4.69) is 4.98 Å². The fraction of sp³-hybridized carbons (Fsp3) is 0.333. The number of benzene rings is 1. The molecule has 18 heavy (non-hydrogen) atoms. The largest absolute Gasteiger partial charge is 0.481 e. The Morgan fingerprint density at radius 2 is 2.22 bits per heavy atom. The summed E-state index contributed by atoms with van der Waals surface area (Å²) < 4.78 is 29.2. The SMILES string of the molecule is Cn1cnc2cc(C(F)(F)CCC(=O)O)ccc21. The number of aromatic nitrogens is 2. The first-order chi connectivity index (χ1) is 8.40. The molecule has 0 saturated carbocycles. The summed E-state index contributed by atoms with van der Waals surface area (Å²) in [6.07, 6.45) is 0.276. The van der Waals surface area contributed by atoms with Gasteiger partial charge in [0, 0.05) is 19.0 Å². The lowest BCUT2D eigenvalue weighted by Crippen LogP contribution is -2.15. The molecule has 0 radical (unpaired) electrons. The Bertz CT molecular complexity index is 593. The van der Waals surface area contributed by atoms with Gasteiger partial charge in [0.1, 0.15) is 0 Å². The molecule has 0 amide bonds. The highest BCUT2D eigenvalue weighted by atomic mass is 19.3. The third-order valence-electron chi connectivity index (χ3n) is 2.80. The fourth-order valence-corrected chi connectivity index (χ4v) is 1.77. The molecule has 2 rings (SSSR count). The first-order valence-corrected chi connectivity index (χ1v) is 5.41. The van der Waals surface area contributed by atoms with Crippen molar-refractivity contribution >= 4 is 17.0 Å². The lowest BCUT2D eigenvalue weighted by molar-refractivity contribution is -0.139. The molecule has 0 aliphatic heterocycles. The fourth-order valence-electron chi connectivity index (χ4n) is 1.77. The topological polar surface area (TPSA) is 55.1 Å². The van der Waals surface area contributed by atoms with Gasteiger partial charge in [0.2, 0.25) is 0 Å². The predicted molar refractivity (Wildman–Crippen MR) is 61.5 cm³/mol. The summed E-state index contributed by atoms with van der Waals surface area (Å²) >= 11 is 0. The normalized spacial score (nSPS) is 11.9. The maximum Gasteiger partial charge on any atom is 0.303 e. The second-order valence-electron chi connectivity index (χ2n) is 4.16. The molecule has 0 saturated heterocycles. The first-order valence-electron chi connectivity index (χ1n) is 5.41. The molecule has 0 unspecified atom stereocenters.